The quantitative estimate of drug-likeness (QED) is 0.692. The molecule has 2 aromatic rings. The maximum atomic E-state index is 14.9. The normalized spacial score (nSPS) is 14.7. The SMILES string of the molecule is COC(=O)c1cc2c(Cl)cc(C3=CCCN(C=O)C3)c(F)c2[nH]1. The fraction of sp³-hybridized carbons (Fsp3) is 0.250. The predicted octanol–water partition coefficient (Wildman–Crippen LogP) is 2.99. The highest BCUT2D eigenvalue weighted by Gasteiger charge is 2.21. The van der Waals surface area contributed by atoms with Gasteiger partial charge in [0.2, 0.25) is 6.41 Å². The number of aromatic nitrogens is 1. The molecule has 0 unspecified atom stereocenters. The van der Waals surface area contributed by atoms with Crippen molar-refractivity contribution in [2.24, 2.45) is 0 Å². The molecular formula is C16H14ClFN2O3. The van der Waals surface area contributed by atoms with E-state index in [4.69, 9.17) is 11.6 Å². The third-order valence-corrected chi connectivity index (χ3v) is 4.20. The minimum atomic E-state index is -0.595. The van der Waals surface area contributed by atoms with Crippen molar-refractivity contribution in [3.8, 4) is 0 Å². The molecule has 1 amide bonds. The number of nitrogens with one attached hydrogen (secondary N) is 1. The molecule has 1 aromatic carbocycles. The Bertz CT molecular complexity index is 828. The molecule has 3 rings (SSSR count). The highest BCUT2D eigenvalue weighted by Crippen LogP contribution is 2.33. The monoisotopic (exact) mass is 336 g/mol. The zero-order valence-electron chi connectivity index (χ0n) is 12.4. The van der Waals surface area contributed by atoms with Gasteiger partial charge >= 0.3 is 5.97 Å². The van der Waals surface area contributed by atoms with Gasteiger partial charge in [-0.2, -0.15) is 0 Å². The number of halogens is 2. The Morgan fingerprint density at radius 2 is 2.26 bits per heavy atom. The van der Waals surface area contributed by atoms with Crippen LogP contribution in [0.4, 0.5) is 4.39 Å². The van der Waals surface area contributed by atoms with E-state index in [0.717, 1.165) is 6.41 Å². The van der Waals surface area contributed by atoms with Gasteiger partial charge in [0.15, 0.2) is 5.82 Å². The molecule has 0 fully saturated rings. The van der Waals surface area contributed by atoms with E-state index in [2.05, 4.69) is 9.72 Å². The first kappa shape index (κ1) is 15.6. The molecule has 1 aliphatic heterocycles. The molecule has 0 bridgehead atoms. The van der Waals surface area contributed by atoms with Crippen molar-refractivity contribution in [2.45, 2.75) is 6.42 Å². The first-order chi connectivity index (χ1) is 11.0. The third kappa shape index (κ3) is 2.70. The number of H-pyrrole nitrogens is 1. The van der Waals surface area contributed by atoms with Crippen molar-refractivity contribution < 1.29 is 18.7 Å². The molecule has 5 nitrogen and oxygen atoms in total. The molecule has 0 atom stereocenters. The lowest BCUT2D eigenvalue weighted by molar-refractivity contribution is -0.117. The molecule has 2 heterocycles. The third-order valence-electron chi connectivity index (χ3n) is 3.88. The second-order valence-electron chi connectivity index (χ2n) is 5.28. The number of hydrogen-bond donors (Lipinski definition) is 1. The molecular weight excluding hydrogens is 323 g/mol. The summed E-state index contributed by atoms with van der Waals surface area (Å²) in [6, 6.07) is 2.98. The average Bonchev–Trinajstić information content (AvgIpc) is 3.03. The number of carbonyl (C=O) groups is 2. The minimum absolute atomic E-state index is 0.132. The summed E-state index contributed by atoms with van der Waals surface area (Å²) in [5.41, 5.74) is 1.30. The smallest absolute Gasteiger partial charge is 0.354 e. The summed E-state index contributed by atoms with van der Waals surface area (Å²) in [6.07, 6.45) is 3.29. The summed E-state index contributed by atoms with van der Waals surface area (Å²) in [6.45, 7) is 0.937. The van der Waals surface area contributed by atoms with Crippen molar-refractivity contribution in [1.29, 1.82) is 0 Å². The van der Waals surface area contributed by atoms with E-state index in [1.54, 1.807) is 4.90 Å². The molecule has 1 aromatic heterocycles. The summed E-state index contributed by atoms with van der Waals surface area (Å²) < 4.78 is 19.5. The van der Waals surface area contributed by atoms with Crippen LogP contribution in [0, 0.1) is 5.82 Å². The fourth-order valence-electron chi connectivity index (χ4n) is 2.72. The van der Waals surface area contributed by atoms with Crippen molar-refractivity contribution in [1.82, 2.24) is 9.88 Å². The van der Waals surface area contributed by atoms with Crippen LogP contribution in [0.15, 0.2) is 18.2 Å². The molecule has 7 heteroatoms. The number of fused-ring (bicyclic) bond motifs is 1. The Morgan fingerprint density at radius 1 is 1.48 bits per heavy atom. The van der Waals surface area contributed by atoms with Crippen LogP contribution in [-0.2, 0) is 9.53 Å². The summed E-state index contributed by atoms with van der Waals surface area (Å²) in [5.74, 6) is -1.10. The lowest BCUT2D eigenvalue weighted by Crippen LogP contribution is -2.28. The summed E-state index contributed by atoms with van der Waals surface area (Å²) in [4.78, 5) is 26.8. The zero-order chi connectivity index (χ0) is 16.6. The van der Waals surface area contributed by atoms with Crippen LogP contribution in [0.2, 0.25) is 5.02 Å². The maximum Gasteiger partial charge on any atom is 0.354 e. The zero-order valence-corrected chi connectivity index (χ0v) is 13.1. The lowest BCUT2D eigenvalue weighted by atomic mass is 9.99. The fourth-order valence-corrected chi connectivity index (χ4v) is 2.98. The van der Waals surface area contributed by atoms with E-state index in [-0.39, 0.29) is 11.2 Å². The van der Waals surface area contributed by atoms with Crippen molar-refractivity contribution in [3.63, 3.8) is 0 Å². The van der Waals surface area contributed by atoms with Crippen molar-refractivity contribution in [3.05, 3.63) is 40.3 Å². The molecule has 0 saturated heterocycles. The highest BCUT2D eigenvalue weighted by atomic mass is 35.5. The number of hydrogen-bond acceptors (Lipinski definition) is 3. The first-order valence-electron chi connectivity index (χ1n) is 7.03. The van der Waals surface area contributed by atoms with Crippen LogP contribution in [0.1, 0.15) is 22.5 Å². The number of benzene rings is 1. The van der Waals surface area contributed by atoms with Gasteiger partial charge in [0.1, 0.15) is 5.69 Å². The summed E-state index contributed by atoms with van der Waals surface area (Å²) in [5, 5.41) is 0.740. The second-order valence-corrected chi connectivity index (χ2v) is 5.68. The first-order valence-corrected chi connectivity index (χ1v) is 7.40. The molecule has 0 aliphatic carbocycles. The molecule has 23 heavy (non-hydrogen) atoms. The molecule has 1 N–H and O–H groups in total. The number of nitrogens with zero attached hydrogens (tertiary/aromatic N) is 1. The van der Waals surface area contributed by atoms with E-state index < -0.39 is 11.8 Å². The Hall–Kier alpha value is -2.34. The lowest BCUT2D eigenvalue weighted by Gasteiger charge is -2.24. The molecule has 0 radical (unpaired) electrons. The van der Waals surface area contributed by atoms with Gasteiger partial charge in [0, 0.05) is 24.0 Å². The Balaban J connectivity index is 2.12. The van der Waals surface area contributed by atoms with Gasteiger partial charge in [-0.15, -0.1) is 0 Å². The highest BCUT2D eigenvalue weighted by molar-refractivity contribution is 6.35. The number of aromatic amines is 1. The van der Waals surface area contributed by atoms with Crippen LogP contribution in [0.5, 0.6) is 0 Å². The van der Waals surface area contributed by atoms with Gasteiger partial charge in [-0.25, -0.2) is 9.18 Å². The number of ether oxygens (including phenoxy) is 1. The van der Waals surface area contributed by atoms with Gasteiger partial charge in [-0.05, 0) is 24.1 Å². The standard InChI is InChI=1S/C16H14ClFN2O3/c1-23-16(22)13-6-11-12(17)5-10(14(18)15(11)19-13)9-3-2-4-20(7-9)8-21/h3,5-6,8,19H,2,4,7H2,1H3. The average molecular weight is 337 g/mol. The maximum absolute atomic E-state index is 14.9. The van der Waals surface area contributed by atoms with Crippen LogP contribution in [-0.4, -0.2) is 42.5 Å². The Morgan fingerprint density at radius 3 is 2.96 bits per heavy atom. The molecule has 120 valence electrons. The van der Waals surface area contributed by atoms with E-state index in [1.165, 1.54) is 19.2 Å². The van der Waals surface area contributed by atoms with Crippen molar-refractivity contribution >= 4 is 40.5 Å². The summed E-state index contributed by atoms with van der Waals surface area (Å²) in [7, 11) is 1.25. The minimum Gasteiger partial charge on any atom is -0.464 e. The topological polar surface area (TPSA) is 62.4 Å². The van der Waals surface area contributed by atoms with Gasteiger partial charge in [0.25, 0.3) is 0 Å². The van der Waals surface area contributed by atoms with E-state index >= 15 is 0 Å². The number of esters is 1. The van der Waals surface area contributed by atoms with E-state index in [0.29, 0.717) is 41.1 Å². The van der Waals surface area contributed by atoms with Crippen LogP contribution in [0.25, 0.3) is 16.5 Å². The summed E-state index contributed by atoms with van der Waals surface area (Å²) >= 11 is 6.24. The Kier molecular flexibility index (Phi) is 4.09. The van der Waals surface area contributed by atoms with Gasteiger partial charge < -0.3 is 14.6 Å². The Labute approximate surface area is 136 Å². The van der Waals surface area contributed by atoms with E-state index in [1.807, 2.05) is 6.08 Å². The number of amides is 1. The largest absolute Gasteiger partial charge is 0.464 e. The molecule has 0 spiro atoms. The van der Waals surface area contributed by atoms with Gasteiger partial charge in [-0.3, -0.25) is 4.79 Å². The molecule has 1 aliphatic rings. The van der Waals surface area contributed by atoms with Gasteiger partial charge in [-0.1, -0.05) is 17.7 Å². The number of carbonyl (C=O) groups excluding carboxylic acids is 2. The predicted molar refractivity (Wildman–Crippen MR) is 84.8 cm³/mol. The van der Waals surface area contributed by atoms with E-state index in [9.17, 15) is 14.0 Å². The van der Waals surface area contributed by atoms with Gasteiger partial charge in [0.05, 0.1) is 17.6 Å². The second kappa shape index (κ2) is 6.04. The molecule has 0 saturated carbocycles. The number of methoxy groups -OCH3 is 1. The van der Waals surface area contributed by atoms with Crippen LogP contribution < -0.4 is 0 Å². The van der Waals surface area contributed by atoms with Crippen molar-refractivity contribution in [2.75, 3.05) is 20.2 Å². The van der Waals surface area contributed by atoms with Crippen LogP contribution >= 0.6 is 11.6 Å². The van der Waals surface area contributed by atoms with Crippen LogP contribution in [0.3, 0.4) is 0 Å². The number of rotatable bonds is 3.